The summed E-state index contributed by atoms with van der Waals surface area (Å²) in [4.78, 5) is 14.3. The third-order valence-corrected chi connectivity index (χ3v) is 4.26. The van der Waals surface area contributed by atoms with Crippen molar-refractivity contribution in [3.8, 4) is 0 Å². The van der Waals surface area contributed by atoms with E-state index in [1.165, 1.54) is 25.7 Å². The monoisotopic (exact) mass is 254 g/mol. The highest BCUT2D eigenvalue weighted by atomic mass is 16.3. The summed E-state index contributed by atoms with van der Waals surface area (Å²) in [6.45, 7) is 1.85. The molecule has 0 bridgehead atoms. The van der Waals surface area contributed by atoms with E-state index >= 15 is 0 Å². The van der Waals surface area contributed by atoms with Crippen molar-refractivity contribution >= 4 is 5.91 Å². The van der Waals surface area contributed by atoms with E-state index in [1.807, 2.05) is 0 Å². The molecule has 1 aliphatic carbocycles. The molecular formula is C14H26N2O2. The molecule has 0 aromatic carbocycles. The summed E-state index contributed by atoms with van der Waals surface area (Å²) in [7, 11) is 0. The Morgan fingerprint density at radius 2 is 2.00 bits per heavy atom. The van der Waals surface area contributed by atoms with Gasteiger partial charge in [0.2, 0.25) is 5.91 Å². The van der Waals surface area contributed by atoms with Crippen molar-refractivity contribution in [1.29, 1.82) is 0 Å². The Hall–Kier alpha value is -0.610. The molecule has 4 nitrogen and oxygen atoms in total. The highest BCUT2D eigenvalue weighted by Crippen LogP contribution is 2.21. The molecule has 1 saturated heterocycles. The van der Waals surface area contributed by atoms with Crippen LogP contribution < -0.4 is 5.32 Å². The molecular weight excluding hydrogens is 228 g/mol. The van der Waals surface area contributed by atoms with Gasteiger partial charge in [-0.05, 0) is 45.1 Å². The van der Waals surface area contributed by atoms with Crippen LogP contribution in [0, 0.1) is 0 Å². The van der Waals surface area contributed by atoms with E-state index in [-0.39, 0.29) is 12.5 Å². The number of aliphatic hydroxyl groups excluding tert-OH is 1. The summed E-state index contributed by atoms with van der Waals surface area (Å²) in [5.74, 6) is 0.192. The summed E-state index contributed by atoms with van der Waals surface area (Å²) in [6.07, 6.45) is 9.06. The molecule has 0 aromatic rings. The van der Waals surface area contributed by atoms with Gasteiger partial charge in [-0.15, -0.1) is 0 Å². The molecule has 18 heavy (non-hydrogen) atoms. The minimum Gasteiger partial charge on any atom is -0.396 e. The van der Waals surface area contributed by atoms with Crippen LogP contribution >= 0.6 is 0 Å². The maximum absolute atomic E-state index is 12.0. The number of nitrogens with zero attached hydrogens (tertiary/aromatic N) is 1. The van der Waals surface area contributed by atoms with Crippen molar-refractivity contribution in [3.63, 3.8) is 0 Å². The Balaban J connectivity index is 1.71. The van der Waals surface area contributed by atoms with Gasteiger partial charge in [0, 0.05) is 18.7 Å². The number of likely N-dealkylation sites (tertiary alicyclic amines) is 1. The van der Waals surface area contributed by atoms with Crippen molar-refractivity contribution in [1.82, 2.24) is 10.2 Å². The predicted molar refractivity (Wildman–Crippen MR) is 71.3 cm³/mol. The predicted octanol–water partition coefficient (Wildman–Crippen LogP) is 1.28. The zero-order valence-corrected chi connectivity index (χ0v) is 11.2. The highest BCUT2D eigenvalue weighted by Gasteiger charge is 2.26. The Morgan fingerprint density at radius 3 is 2.72 bits per heavy atom. The fourth-order valence-corrected chi connectivity index (χ4v) is 3.29. The smallest absolute Gasteiger partial charge is 0.234 e. The zero-order valence-electron chi connectivity index (χ0n) is 11.2. The van der Waals surface area contributed by atoms with Crippen LogP contribution in [0.4, 0.5) is 0 Å². The normalized spacial score (nSPS) is 25.7. The molecule has 2 rings (SSSR count). The van der Waals surface area contributed by atoms with E-state index in [0.29, 0.717) is 18.6 Å². The van der Waals surface area contributed by atoms with Crippen molar-refractivity contribution in [3.05, 3.63) is 0 Å². The number of carbonyl (C=O) groups excluding carboxylic acids is 1. The molecule has 4 heteroatoms. The number of aliphatic hydroxyl groups is 1. The molecule has 1 aliphatic heterocycles. The summed E-state index contributed by atoms with van der Waals surface area (Å²) < 4.78 is 0. The quantitative estimate of drug-likeness (QED) is 0.751. The van der Waals surface area contributed by atoms with E-state index in [0.717, 1.165) is 32.2 Å². The second kappa shape index (κ2) is 7.10. The van der Waals surface area contributed by atoms with E-state index < -0.39 is 0 Å². The Kier molecular flexibility index (Phi) is 5.45. The van der Waals surface area contributed by atoms with Crippen LogP contribution in [0.2, 0.25) is 0 Å². The van der Waals surface area contributed by atoms with E-state index in [4.69, 9.17) is 5.11 Å². The lowest BCUT2D eigenvalue weighted by molar-refractivity contribution is -0.123. The van der Waals surface area contributed by atoms with Gasteiger partial charge in [0.1, 0.15) is 0 Å². The maximum atomic E-state index is 12.0. The number of amides is 1. The van der Waals surface area contributed by atoms with Gasteiger partial charge in [-0.1, -0.05) is 12.8 Å². The number of rotatable bonds is 6. The maximum Gasteiger partial charge on any atom is 0.234 e. The Morgan fingerprint density at radius 1 is 1.22 bits per heavy atom. The summed E-state index contributed by atoms with van der Waals surface area (Å²) in [5.41, 5.74) is 0. The first-order chi connectivity index (χ1) is 8.79. The van der Waals surface area contributed by atoms with E-state index in [9.17, 15) is 4.79 Å². The van der Waals surface area contributed by atoms with Gasteiger partial charge in [-0.2, -0.15) is 0 Å². The van der Waals surface area contributed by atoms with Gasteiger partial charge in [-0.3, -0.25) is 9.69 Å². The number of nitrogens with one attached hydrogen (secondary N) is 1. The van der Waals surface area contributed by atoms with Crippen molar-refractivity contribution < 1.29 is 9.90 Å². The second-order valence-electron chi connectivity index (χ2n) is 5.68. The first-order valence-corrected chi connectivity index (χ1v) is 7.44. The van der Waals surface area contributed by atoms with Gasteiger partial charge < -0.3 is 10.4 Å². The summed E-state index contributed by atoms with van der Waals surface area (Å²) in [5, 5.41) is 12.0. The molecule has 1 saturated carbocycles. The van der Waals surface area contributed by atoms with Crippen LogP contribution in [0.15, 0.2) is 0 Å². The van der Waals surface area contributed by atoms with Gasteiger partial charge in [0.05, 0.1) is 6.54 Å². The fraction of sp³-hybridized carbons (Fsp3) is 0.929. The lowest BCUT2D eigenvalue weighted by atomic mass is 10.1. The standard InChI is InChI=1S/C14H26N2O2/c17-10-4-8-13-7-3-9-16(13)11-14(18)15-12-5-1-2-6-12/h12-13,17H,1-11H2,(H,15,18). The largest absolute Gasteiger partial charge is 0.396 e. The second-order valence-corrected chi connectivity index (χ2v) is 5.68. The highest BCUT2D eigenvalue weighted by molar-refractivity contribution is 5.78. The average molecular weight is 254 g/mol. The van der Waals surface area contributed by atoms with Crippen LogP contribution in [-0.4, -0.2) is 47.7 Å². The topological polar surface area (TPSA) is 52.6 Å². The molecule has 1 atom stereocenters. The van der Waals surface area contributed by atoms with Crippen LogP contribution in [0.5, 0.6) is 0 Å². The molecule has 0 radical (unpaired) electrons. The van der Waals surface area contributed by atoms with Gasteiger partial charge >= 0.3 is 0 Å². The number of hydrogen-bond acceptors (Lipinski definition) is 3. The lowest BCUT2D eigenvalue weighted by Gasteiger charge is -2.24. The van der Waals surface area contributed by atoms with E-state index in [2.05, 4.69) is 10.2 Å². The zero-order chi connectivity index (χ0) is 12.8. The first kappa shape index (κ1) is 13.8. The van der Waals surface area contributed by atoms with Crippen molar-refractivity contribution in [2.75, 3.05) is 19.7 Å². The molecule has 2 fully saturated rings. The third kappa shape index (κ3) is 3.95. The molecule has 1 heterocycles. The number of hydrogen-bond donors (Lipinski definition) is 2. The fourth-order valence-electron chi connectivity index (χ4n) is 3.29. The molecule has 1 unspecified atom stereocenters. The summed E-state index contributed by atoms with van der Waals surface area (Å²) >= 11 is 0. The molecule has 0 spiro atoms. The molecule has 0 aromatic heterocycles. The van der Waals surface area contributed by atoms with Gasteiger partial charge in [0.25, 0.3) is 0 Å². The SMILES string of the molecule is O=C(CN1CCCC1CCCO)NC1CCCC1. The molecule has 2 aliphatic rings. The lowest BCUT2D eigenvalue weighted by Crippen LogP contribution is -2.42. The van der Waals surface area contributed by atoms with Gasteiger partial charge in [0.15, 0.2) is 0 Å². The molecule has 2 N–H and O–H groups in total. The molecule has 104 valence electrons. The Labute approximate surface area is 110 Å². The minimum atomic E-state index is 0.192. The van der Waals surface area contributed by atoms with E-state index in [1.54, 1.807) is 0 Å². The number of carbonyl (C=O) groups is 1. The van der Waals surface area contributed by atoms with Crippen LogP contribution in [0.1, 0.15) is 51.4 Å². The van der Waals surface area contributed by atoms with Crippen LogP contribution in [-0.2, 0) is 4.79 Å². The Bertz CT molecular complexity index is 265. The minimum absolute atomic E-state index is 0.192. The average Bonchev–Trinajstić information content (AvgIpc) is 2.98. The van der Waals surface area contributed by atoms with Gasteiger partial charge in [-0.25, -0.2) is 0 Å². The van der Waals surface area contributed by atoms with Crippen molar-refractivity contribution in [2.45, 2.75) is 63.5 Å². The van der Waals surface area contributed by atoms with Crippen molar-refractivity contribution in [2.24, 2.45) is 0 Å². The third-order valence-electron chi connectivity index (χ3n) is 4.26. The van der Waals surface area contributed by atoms with Crippen LogP contribution in [0.3, 0.4) is 0 Å². The molecule has 1 amide bonds. The summed E-state index contributed by atoms with van der Waals surface area (Å²) in [6, 6.07) is 0.933. The first-order valence-electron chi connectivity index (χ1n) is 7.44. The van der Waals surface area contributed by atoms with Crippen LogP contribution in [0.25, 0.3) is 0 Å².